The molecule has 4 nitrogen and oxygen atoms in total. The summed E-state index contributed by atoms with van der Waals surface area (Å²) in [5.74, 6) is 0.896. The van der Waals surface area contributed by atoms with Gasteiger partial charge in [0.1, 0.15) is 12.2 Å². The molecule has 1 aliphatic heterocycles. The van der Waals surface area contributed by atoms with Gasteiger partial charge in [0.05, 0.1) is 12.8 Å². The molecule has 0 aromatic rings. The summed E-state index contributed by atoms with van der Waals surface area (Å²) >= 11 is 0. The minimum Gasteiger partial charge on any atom is -0.498 e. The van der Waals surface area contributed by atoms with Crippen LogP contribution in [0.15, 0.2) is 23.6 Å². The normalized spacial score (nSPS) is 20.9. The summed E-state index contributed by atoms with van der Waals surface area (Å²) in [6, 6.07) is 0. The van der Waals surface area contributed by atoms with Gasteiger partial charge in [-0.2, -0.15) is 4.79 Å². The molecule has 2 aliphatic rings. The van der Waals surface area contributed by atoms with Crippen molar-refractivity contribution in [1.82, 2.24) is 4.90 Å². The first-order valence-electron chi connectivity index (χ1n) is 5.26. The second-order valence-corrected chi connectivity index (χ2v) is 3.81. The van der Waals surface area contributed by atoms with E-state index < -0.39 is 0 Å². The van der Waals surface area contributed by atoms with Crippen molar-refractivity contribution in [2.45, 2.75) is 19.3 Å². The first-order chi connectivity index (χ1) is 7.35. The van der Waals surface area contributed by atoms with Crippen LogP contribution in [0.25, 0.3) is 5.53 Å². The summed E-state index contributed by atoms with van der Waals surface area (Å²) in [5, 5.41) is 0. The highest BCUT2D eigenvalue weighted by molar-refractivity contribution is 5.93. The molecular weight excluding hydrogens is 190 g/mol. The Balaban J connectivity index is 2.24. The summed E-state index contributed by atoms with van der Waals surface area (Å²) in [4.78, 5) is 5.53. The Hall–Kier alpha value is -1.54. The molecule has 0 saturated carbocycles. The molecule has 0 bridgehead atoms. The molecule has 0 spiro atoms. The number of allylic oxidation sites excluding steroid dienone is 3. The highest BCUT2D eigenvalue weighted by Crippen LogP contribution is 2.24. The zero-order valence-corrected chi connectivity index (χ0v) is 8.94. The van der Waals surface area contributed by atoms with Crippen LogP contribution in [0.4, 0.5) is 0 Å². The lowest BCUT2D eigenvalue weighted by Crippen LogP contribution is -2.22. The van der Waals surface area contributed by atoms with Gasteiger partial charge >= 0.3 is 0 Å². The van der Waals surface area contributed by atoms with Crippen LogP contribution in [0.3, 0.4) is 0 Å². The second kappa shape index (κ2) is 4.32. The third-order valence-corrected chi connectivity index (χ3v) is 2.88. The maximum Gasteiger partial charge on any atom is 0.299 e. The number of hydrogen-bond acceptors (Lipinski definition) is 2. The number of methoxy groups -OCH3 is 1. The Kier molecular flexibility index (Phi) is 2.88. The number of rotatable bonds is 2. The largest absolute Gasteiger partial charge is 0.498 e. The van der Waals surface area contributed by atoms with Gasteiger partial charge in [0.15, 0.2) is 0 Å². The molecule has 1 fully saturated rings. The van der Waals surface area contributed by atoms with E-state index in [1.54, 1.807) is 7.11 Å². The van der Waals surface area contributed by atoms with Crippen LogP contribution in [-0.2, 0) is 4.74 Å². The maximum atomic E-state index is 8.70. The van der Waals surface area contributed by atoms with Crippen molar-refractivity contribution < 1.29 is 9.53 Å². The molecule has 2 rings (SSSR count). The first-order valence-corrected chi connectivity index (χ1v) is 5.26. The maximum absolute atomic E-state index is 8.70. The van der Waals surface area contributed by atoms with Crippen LogP contribution < -0.4 is 0 Å². The molecule has 4 heteroatoms. The van der Waals surface area contributed by atoms with Gasteiger partial charge in [-0.1, -0.05) is 0 Å². The van der Waals surface area contributed by atoms with E-state index in [2.05, 4.69) is 9.69 Å². The van der Waals surface area contributed by atoms with Crippen molar-refractivity contribution in [3.05, 3.63) is 29.1 Å². The highest BCUT2D eigenvalue weighted by atomic mass is 16.5. The monoisotopic (exact) mass is 205 g/mol. The predicted octanol–water partition coefficient (Wildman–Crippen LogP) is 1.57. The molecule has 0 unspecified atom stereocenters. The van der Waals surface area contributed by atoms with E-state index in [4.69, 9.17) is 10.3 Å². The predicted molar refractivity (Wildman–Crippen MR) is 57.2 cm³/mol. The minimum atomic E-state index is 0.579. The van der Waals surface area contributed by atoms with Crippen LogP contribution in [0, 0.1) is 0 Å². The SMILES string of the molecule is COC1=C(N2CCCC2)C=CC(=[N+]=[N-])C1. The van der Waals surface area contributed by atoms with Gasteiger partial charge in [-0.25, -0.2) is 0 Å². The van der Waals surface area contributed by atoms with Crippen molar-refractivity contribution >= 4 is 5.71 Å². The van der Waals surface area contributed by atoms with Crippen LogP contribution in [0.1, 0.15) is 19.3 Å². The topological polar surface area (TPSA) is 48.9 Å². The van der Waals surface area contributed by atoms with Crippen molar-refractivity contribution in [1.29, 1.82) is 0 Å². The first kappa shape index (κ1) is 9.99. The molecule has 1 heterocycles. The number of hydrogen-bond donors (Lipinski definition) is 0. The van der Waals surface area contributed by atoms with Gasteiger partial charge in [0.2, 0.25) is 0 Å². The van der Waals surface area contributed by atoms with E-state index in [1.165, 1.54) is 12.8 Å². The van der Waals surface area contributed by atoms with Gasteiger partial charge in [-0.05, 0) is 18.9 Å². The van der Waals surface area contributed by atoms with E-state index in [1.807, 2.05) is 12.2 Å². The third kappa shape index (κ3) is 1.95. The summed E-state index contributed by atoms with van der Waals surface area (Å²) in [6.07, 6.45) is 6.89. The van der Waals surface area contributed by atoms with Crippen molar-refractivity contribution in [2.24, 2.45) is 0 Å². The van der Waals surface area contributed by atoms with Crippen LogP contribution in [0.5, 0.6) is 0 Å². The van der Waals surface area contributed by atoms with Crippen molar-refractivity contribution in [3.63, 3.8) is 0 Å². The quantitative estimate of drug-likeness (QED) is 0.507. The Labute approximate surface area is 89.5 Å². The zero-order valence-electron chi connectivity index (χ0n) is 8.94. The molecule has 0 N–H and O–H groups in total. The summed E-state index contributed by atoms with van der Waals surface area (Å²) in [6.45, 7) is 2.19. The molecule has 1 aliphatic carbocycles. The van der Waals surface area contributed by atoms with Crippen LogP contribution >= 0.6 is 0 Å². The van der Waals surface area contributed by atoms with Gasteiger partial charge in [-0.15, -0.1) is 0 Å². The Morgan fingerprint density at radius 3 is 2.67 bits per heavy atom. The molecule has 0 radical (unpaired) electrons. The summed E-state index contributed by atoms with van der Waals surface area (Å²) in [7, 11) is 1.67. The minimum absolute atomic E-state index is 0.579. The molecule has 0 aromatic heterocycles. The third-order valence-electron chi connectivity index (χ3n) is 2.88. The van der Waals surface area contributed by atoms with Crippen molar-refractivity contribution in [2.75, 3.05) is 20.2 Å². The van der Waals surface area contributed by atoms with Crippen LogP contribution in [-0.4, -0.2) is 35.6 Å². The average Bonchev–Trinajstić information content (AvgIpc) is 2.81. The lowest BCUT2D eigenvalue weighted by molar-refractivity contribution is -0.00680. The van der Waals surface area contributed by atoms with Crippen LogP contribution in [0.2, 0.25) is 0 Å². The Morgan fingerprint density at radius 2 is 2.07 bits per heavy atom. The van der Waals surface area contributed by atoms with E-state index in [9.17, 15) is 0 Å². The van der Waals surface area contributed by atoms with Gasteiger partial charge in [0, 0.05) is 19.2 Å². The highest BCUT2D eigenvalue weighted by Gasteiger charge is 2.23. The smallest absolute Gasteiger partial charge is 0.299 e. The molecular formula is C11H15N3O. The lowest BCUT2D eigenvalue weighted by atomic mass is 10.1. The van der Waals surface area contributed by atoms with E-state index in [0.717, 1.165) is 24.5 Å². The summed E-state index contributed by atoms with van der Waals surface area (Å²) in [5.41, 5.74) is 10.5. The van der Waals surface area contributed by atoms with E-state index in [0.29, 0.717) is 12.1 Å². The van der Waals surface area contributed by atoms with Gasteiger partial charge in [-0.3, -0.25) is 0 Å². The molecule has 0 aromatic carbocycles. The standard InChI is InChI=1S/C11H15N3O/c1-15-11-8-9(13-12)4-5-10(11)14-6-2-3-7-14/h4-5H,2-3,6-8H2,1H3. The Bertz CT molecular complexity index is 358. The zero-order chi connectivity index (χ0) is 10.7. The molecule has 80 valence electrons. The molecule has 0 atom stereocenters. The fraction of sp³-hybridized carbons (Fsp3) is 0.545. The fourth-order valence-electron chi connectivity index (χ4n) is 2.07. The number of likely N-dealkylation sites (tertiary alicyclic amines) is 1. The second-order valence-electron chi connectivity index (χ2n) is 3.81. The van der Waals surface area contributed by atoms with E-state index in [-0.39, 0.29) is 0 Å². The molecule has 1 saturated heterocycles. The number of ether oxygens (including phenoxy) is 1. The average molecular weight is 205 g/mol. The number of nitrogens with zero attached hydrogens (tertiary/aromatic N) is 3. The lowest BCUT2D eigenvalue weighted by Gasteiger charge is -2.23. The van der Waals surface area contributed by atoms with Gasteiger partial charge < -0.3 is 15.2 Å². The molecule has 15 heavy (non-hydrogen) atoms. The summed E-state index contributed by atoms with van der Waals surface area (Å²) < 4.78 is 5.34. The molecule has 0 amide bonds. The van der Waals surface area contributed by atoms with E-state index >= 15 is 0 Å². The Morgan fingerprint density at radius 1 is 1.33 bits per heavy atom. The fourth-order valence-corrected chi connectivity index (χ4v) is 2.07. The van der Waals surface area contributed by atoms with Gasteiger partial charge in [0.25, 0.3) is 5.71 Å². The van der Waals surface area contributed by atoms with Crippen molar-refractivity contribution in [3.8, 4) is 0 Å².